The number of rotatable bonds is 2. The molecule has 0 saturated heterocycles. The van der Waals surface area contributed by atoms with Crippen LogP contribution in [0.4, 0.5) is 0 Å². The van der Waals surface area contributed by atoms with E-state index in [-0.39, 0.29) is 18.2 Å². The fourth-order valence-electron chi connectivity index (χ4n) is 1.21. The molecule has 1 aromatic heterocycles. The summed E-state index contributed by atoms with van der Waals surface area (Å²) in [5.41, 5.74) is 0. The molecule has 74 valence electrons. The number of carbonyl (C=O) groups excluding carboxylic acids is 1. The number of imidazole rings is 1. The lowest BCUT2D eigenvalue weighted by atomic mass is 10.3. The topological polar surface area (TPSA) is 92.4 Å². The van der Waals surface area contributed by atoms with Crippen LogP contribution in [0.2, 0.25) is 0 Å². The number of fused-ring (bicyclic) bond motifs is 1. The van der Waals surface area contributed by atoms with Crippen molar-refractivity contribution < 1.29 is 19.8 Å². The van der Waals surface area contributed by atoms with Gasteiger partial charge in [0.15, 0.2) is 5.16 Å². The molecule has 0 unspecified atom stereocenters. The monoisotopic (exact) mass is 214 g/mol. The second-order valence-corrected chi connectivity index (χ2v) is 3.96. The molecular weight excluding hydrogens is 208 g/mol. The minimum atomic E-state index is -1.02. The van der Waals surface area contributed by atoms with Crippen LogP contribution >= 0.6 is 11.8 Å². The Labute approximate surface area is 82.6 Å². The van der Waals surface area contributed by atoms with Crippen LogP contribution in [-0.4, -0.2) is 36.9 Å². The number of aromatic nitrogens is 2. The minimum absolute atomic E-state index is 0.227. The molecule has 2 N–H and O–H groups in total. The summed E-state index contributed by atoms with van der Waals surface area (Å²) >= 11 is 1.05. The number of carboxylic acids is 1. The van der Waals surface area contributed by atoms with Crippen molar-refractivity contribution in [1.82, 2.24) is 9.55 Å². The minimum Gasteiger partial charge on any atom is -0.492 e. The zero-order chi connectivity index (χ0) is 10.3. The Hall–Kier alpha value is -1.50. The average Bonchev–Trinajstić information content (AvgIpc) is 2.53. The van der Waals surface area contributed by atoms with Gasteiger partial charge in [-0.3, -0.25) is 14.2 Å². The van der Waals surface area contributed by atoms with Crippen molar-refractivity contribution in [3.8, 4) is 5.88 Å². The Bertz CT molecular complexity index is 414. The van der Waals surface area contributed by atoms with E-state index in [2.05, 4.69) is 4.98 Å². The number of carboxylic acid groups (broad SMARTS) is 1. The Kier molecular flexibility index (Phi) is 1.95. The van der Waals surface area contributed by atoms with Gasteiger partial charge in [0.1, 0.15) is 5.25 Å². The molecular formula is C7H6N2O4S. The zero-order valence-electron chi connectivity index (χ0n) is 6.88. The van der Waals surface area contributed by atoms with Gasteiger partial charge in [0, 0.05) is 0 Å². The average molecular weight is 214 g/mol. The van der Waals surface area contributed by atoms with E-state index in [9.17, 15) is 9.59 Å². The van der Waals surface area contributed by atoms with Crippen LogP contribution in [-0.2, 0) is 4.79 Å². The molecule has 1 aliphatic heterocycles. The van der Waals surface area contributed by atoms with Gasteiger partial charge >= 0.3 is 5.97 Å². The Morgan fingerprint density at radius 3 is 3.00 bits per heavy atom. The normalized spacial score (nSPS) is 19.7. The van der Waals surface area contributed by atoms with Gasteiger partial charge in [-0.2, -0.15) is 4.98 Å². The van der Waals surface area contributed by atoms with E-state index < -0.39 is 11.2 Å². The van der Waals surface area contributed by atoms with Crippen molar-refractivity contribution in [2.24, 2.45) is 0 Å². The van der Waals surface area contributed by atoms with Crippen LogP contribution in [0, 0.1) is 0 Å². The van der Waals surface area contributed by atoms with Gasteiger partial charge in [-0.05, 0) is 0 Å². The van der Waals surface area contributed by atoms with E-state index in [0.717, 1.165) is 11.8 Å². The van der Waals surface area contributed by atoms with Crippen molar-refractivity contribution in [3.63, 3.8) is 0 Å². The van der Waals surface area contributed by atoms with E-state index in [4.69, 9.17) is 10.2 Å². The molecule has 2 rings (SSSR count). The smallest absolute Gasteiger partial charge is 0.305 e. The number of nitrogens with zero attached hydrogens (tertiary/aromatic N) is 2. The number of hydrogen-bond donors (Lipinski definition) is 2. The molecule has 1 aromatic rings. The van der Waals surface area contributed by atoms with Gasteiger partial charge in [-0.15, -0.1) is 0 Å². The number of aliphatic carboxylic acids is 1. The molecule has 0 bridgehead atoms. The van der Waals surface area contributed by atoms with Gasteiger partial charge in [0.2, 0.25) is 11.8 Å². The van der Waals surface area contributed by atoms with Gasteiger partial charge in [0.05, 0.1) is 12.6 Å². The third-order valence-corrected chi connectivity index (χ3v) is 2.93. The molecule has 14 heavy (non-hydrogen) atoms. The second kappa shape index (κ2) is 3.02. The van der Waals surface area contributed by atoms with Crippen LogP contribution in [0.15, 0.2) is 11.4 Å². The Morgan fingerprint density at radius 1 is 1.71 bits per heavy atom. The van der Waals surface area contributed by atoms with Gasteiger partial charge in [-0.1, -0.05) is 11.8 Å². The van der Waals surface area contributed by atoms with Crippen molar-refractivity contribution in [2.45, 2.75) is 16.8 Å². The van der Waals surface area contributed by atoms with Crippen LogP contribution in [0.3, 0.4) is 0 Å². The molecule has 0 saturated carbocycles. The van der Waals surface area contributed by atoms with E-state index >= 15 is 0 Å². The molecule has 0 radical (unpaired) electrons. The SMILES string of the molecule is O=C(O)C[C@H]1Sc2nc(O)cn2C1=O. The lowest BCUT2D eigenvalue weighted by Crippen LogP contribution is -2.20. The van der Waals surface area contributed by atoms with Crippen LogP contribution in [0.1, 0.15) is 11.2 Å². The number of carbonyl (C=O) groups is 2. The molecule has 0 amide bonds. The zero-order valence-corrected chi connectivity index (χ0v) is 7.69. The van der Waals surface area contributed by atoms with Crippen LogP contribution < -0.4 is 0 Å². The predicted molar refractivity (Wildman–Crippen MR) is 46.4 cm³/mol. The maximum atomic E-state index is 11.5. The fraction of sp³-hybridized carbons (Fsp3) is 0.286. The summed E-state index contributed by atoms with van der Waals surface area (Å²) in [4.78, 5) is 25.5. The fourth-order valence-corrected chi connectivity index (χ4v) is 2.31. The first-order chi connectivity index (χ1) is 6.58. The number of thioether (sulfide) groups is 1. The van der Waals surface area contributed by atoms with Gasteiger partial charge in [0.25, 0.3) is 0 Å². The van der Waals surface area contributed by atoms with Crippen molar-refractivity contribution >= 4 is 23.6 Å². The van der Waals surface area contributed by atoms with Crippen LogP contribution in [0.5, 0.6) is 5.88 Å². The van der Waals surface area contributed by atoms with Crippen molar-refractivity contribution in [3.05, 3.63) is 6.20 Å². The summed E-state index contributed by atoms with van der Waals surface area (Å²) in [6.07, 6.45) is 0.958. The Balaban J connectivity index is 2.22. The van der Waals surface area contributed by atoms with Crippen molar-refractivity contribution in [1.29, 1.82) is 0 Å². The molecule has 6 nitrogen and oxygen atoms in total. The third kappa shape index (κ3) is 1.35. The highest BCUT2D eigenvalue weighted by molar-refractivity contribution is 8.00. The van der Waals surface area contributed by atoms with Crippen LogP contribution in [0.25, 0.3) is 0 Å². The number of hydrogen-bond acceptors (Lipinski definition) is 5. The number of aromatic hydroxyl groups is 1. The second-order valence-electron chi connectivity index (χ2n) is 2.79. The van der Waals surface area contributed by atoms with Crippen molar-refractivity contribution in [2.75, 3.05) is 0 Å². The maximum absolute atomic E-state index is 11.5. The highest BCUT2D eigenvalue weighted by Gasteiger charge is 2.34. The summed E-state index contributed by atoms with van der Waals surface area (Å²) in [6.45, 7) is 0. The third-order valence-electron chi connectivity index (χ3n) is 1.78. The standard InChI is InChI=1S/C7H6N2O4S/c10-4-2-9-6(13)3(1-5(11)12)14-7(9)8-4/h2-3,10H,1H2,(H,11,12)/t3-/m1/s1. The molecule has 0 aliphatic carbocycles. The molecule has 0 aromatic carbocycles. The lowest BCUT2D eigenvalue weighted by molar-refractivity contribution is -0.136. The van der Waals surface area contributed by atoms with Gasteiger partial charge < -0.3 is 10.2 Å². The summed E-state index contributed by atoms with van der Waals surface area (Å²) in [5.74, 6) is -1.60. The molecule has 0 spiro atoms. The molecule has 0 fully saturated rings. The first-order valence-electron chi connectivity index (χ1n) is 3.79. The maximum Gasteiger partial charge on any atom is 0.305 e. The first kappa shape index (κ1) is 9.07. The van der Waals surface area contributed by atoms with E-state index in [1.54, 1.807) is 0 Å². The highest BCUT2D eigenvalue weighted by Crippen LogP contribution is 2.34. The summed E-state index contributed by atoms with van der Waals surface area (Å²) < 4.78 is 1.17. The summed E-state index contributed by atoms with van der Waals surface area (Å²) in [5, 5.41) is 17.2. The first-order valence-corrected chi connectivity index (χ1v) is 4.67. The molecule has 2 heterocycles. The van der Waals surface area contributed by atoms with E-state index in [1.807, 2.05) is 0 Å². The van der Waals surface area contributed by atoms with Gasteiger partial charge in [-0.25, -0.2) is 0 Å². The van der Waals surface area contributed by atoms with E-state index in [1.165, 1.54) is 10.8 Å². The predicted octanol–water partition coefficient (Wildman–Crippen LogP) is 0.178. The highest BCUT2D eigenvalue weighted by atomic mass is 32.2. The molecule has 7 heteroatoms. The lowest BCUT2D eigenvalue weighted by Gasteiger charge is -2.00. The Morgan fingerprint density at radius 2 is 2.43 bits per heavy atom. The van der Waals surface area contributed by atoms with E-state index in [0.29, 0.717) is 5.16 Å². The molecule has 1 atom stereocenters. The quantitative estimate of drug-likeness (QED) is 0.729. The largest absolute Gasteiger partial charge is 0.492 e. The molecule has 1 aliphatic rings. The summed E-state index contributed by atoms with van der Waals surface area (Å²) in [6, 6.07) is 0. The summed E-state index contributed by atoms with van der Waals surface area (Å²) in [7, 11) is 0.